The fourth-order valence-corrected chi connectivity index (χ4v) is 0.871. The summed E-state index contributed by atoms with van der Waals surface area (Å²) in [6.45, 7) is 0.415. The lowest BCUT2D eigenvalue weighted by atomic mass is 10.2. The molecule has 1 rings (SSSR count). The summed E-state index contributed by atoms with van der Waals surface area (Å²) >= 11 is 0. The van der Waals surface area contributed by atoms with Crippen molar-refractivity contribution in [2.24, 2.45) is 0 Å². The molecular weight excluding hydrogens is 178 g/mol. The van der Waals surface area contributed by atoms with Crippen molar-refractivity contribution in [3.63, 3.8) is 0 Å². The van der Waals surface area contributed by atoms with Crippen LogP contribution in [0.3, 0.4) is 0 Å². The van der Waals surface area contributed by atoms with Crippen molar-refractivity contribution in [2.75, 3.05) is 13.2 Å². The minimum Gasteiger partial charge on any atom is -0.465 e. The Morgan fingerprint density at radius 1 is 1.71 bits per heavy atom. The van der Waals surface area contributed by atoms with Gasteiger partial charge in [-0.1, -0.05) is 5.92 Å². The van der Waals surface area contributed by atoms with Gasteiger partial charge in [-0.25, -0.2) is 0 Å². The van der Waals surface area contributed by atoms with Gasteiger partial charge in [0.2, 0.25) is 0 Å². The monoisotopic (exact) mass is 187 g/mol. The molecule has 0 aromatic carbocycles. The van der Waals surface area contributed by atoms with E-state index in [1.807, 2.05) is 6.07 Å². The molecule has 0 bridgehead atoms. The van der Waals surface area contributed by atoms with Crippen molar-refractivity contribution in [1.82, 2.24) is 0 Å². The van der Waals surface area contributed by atoms with Crippen LogP contribution < -0.4 is 0 Å². The number of terminal acetylenes is 1. The van der Waals surface area contributed by atoms with Gasteiger partial charge in [-0.15, -0.1) is 6.42 Å². The van der Waals surface area contributed by atoms with E-state index in [0.29, 0.717) is 11.3 Å². The van der Waals surface area contributed by atoms with E-state index >= 15 is 0 Å². The summed E-state index contributed by atoms with van der Waals surface area (Å²) in [5.41, 5.74) is 0.482. The van der Waals surface area contributed by atoms with E-state index in [4.69, 9.17) is 20.8 Å². The van der Waals surface area contributed by atoms with Crippen molar-refractivity contribution < 1.29 is 9.15 Å². The number of ether oxygens (including phenoxy) is 1. The van der Waals surface area contributed by atoms with Gasteiger partial charge in [0.1, 0.15) is 12.4 Å². The third kappa shape index (κ3) is 3.18. The van der Waals surface area contributed by atoms with Crippen LogP contribution in [-0.4, -0.2) is 13.2 Å². The molecule has 0 fully saturated rings. The second-order valence-corrected chi connectivity index (χ2v) is 2.49. The van der Waals surface area contributed by atoms with Gasteiger partial charge in [-0.2, -0.15) is 5.26 Å². The normalized spacial score (nSPS) is 10.6. The molecule has 1 heterocycles. The lowest BCUT2D eigenvalue weighted by molar-refractivity contribution is 0.195. The maximum absolute atomic E-state index is 8.73. The summed E-state index contributed by atoms with van der Waals surface area (Å²) < 4.78 is 10.1. The number of hydrogen-bond acceptors (Lipinski definition) is 3. The van der Waals surface area contributed by atoms with Crippen molar-refractivity contribution in [3.8, 4) is 18.4 Å². The average molecular weight is 187 g/mol. The highest BCUT2D eigenvalue weighted by molar-refractivity contribution is 5.52. The first-order valence-corrected chi connectivity index (χ1v) is 4.02. The number of rotatable bonds is 4. The molecule has 0 saturated carbocycles. The zero-order valence-electron chi connectivity index (χ0n) is 7.56. The van der Waals surface area contributed by atoms with Crippen LogP contribution in [0.25, 0.3) is 6.08 Å². The number of hydrogen-bond donors (Lipinski definition) is 0. The molecule has 0 unspecified atom stereocenters. The Bertz CT molecular complexity index is 376. The van der Waals surface area contributed by atoms with Gasteiger partial charge >= 0.3 is 0 Å². The highest BCUT2D eigenvalue weighted by Gasteiger charge is 1.97. The van der Waals surface area contributed by atoms with Crippen LogP contribution in [0.5, 0.6) is 0 Å². The van der Waals surface area contributed by atoms with Crippen LogP contribution in [0.4, 0.5) is 0 Å². The topological polar surface area (TPSA) is 46.2 Å². The molecule has 0 spiro atoms. The van der Waals surface area contributed by atoms with Gasteiger partial charge in [0.25, 0.3) is 0 Å². The molecule has 1 aromatic rings. The van der Waals surface area contributed by atoms with E-state index in [9.17, 15) is 0 Å². The Labute approximate surface area is 82.6 Å². The van der Waals surface area contributed by atoms with E-state index in [0.717, 1.165) is 0 Å². The molecule has 1 aromatic heterocycles. The van der Waals surface area contributed by atoms with Gasteiger partial charge in [0, 0.05) is 0 Å². The minimum atomic E-state index is 0.206. The standard InChI is InChI=1S/C11H9NO2/c1-2-5-13-9-10(8-12)7-11-4-3-6-14-11/h1,3-4,6-7H,5,9H2/b10-7-. The van der Waals surface area contributed by atoms with E-state index in [-0.39, 0.29) is 13.2 Å². The molecular formula is C11H9NO2. The van der Waals surface area contributed by atoms with Crippen molar-refractivity contribution in [1.29, 1.82) is 5.26 Å². The van der Waals surface area contributed by atoms with Gasteiger partial charge in [-0.05, 0) is 18.2 Å². The van der Waals surface area contributed by atoms with Crippen molar-refractivity contribution in [3.05, 3.63) is 29.7 Å². The third-order valence-corrected chi connectivity index (χ3v) is 1.45. The van der Waals surface area contributed by atoms with Gasteiger partial charge in [0.15, 0.2) is 0 Å². The predicted octanol–water partition coefficient (Wildman–Crippen LogP) is 1.84. The van der Waals surface area contributed by atoms with Gasteiger partial charge < -0.3 is 9.15 Å². The molecule has 0 aliphatic rings. The zero-order chi connectivity index (χ0) is 10.2. The first kappa shape index (κ1) is 10.1. The smallest absolute Gasteiger partial charge is 0.127 e. The van der Waals surface area contributed by atoms with E-state index < -0.39 is 0 Å². The summed E-state index contributed by atoms with van der Waals surface area (Å²) in [5, 5.41) is 8.73. The van der Waals surface area contributed by atoms with Crippen LogP contribution in [0.15, 0.2) is 28.4 Å². The second kappa shape index (κ2) is 5.64. The second-order valence-electron chi connectivity index (χ2n) is 2.49. The first-order chi connectivity index (χ1) is 6.86. The van der Waals surface area contributed by atoms with Crippen LogP contribution >= 0.6 is 0 Å². The highest BCUT2D eigenvalue weighted by Crippen LogP contribution is 2.06. The van der Waals surface area contributed by atoms with Crippen LogP contribution in [0.2, 0.25) is 0 Å². The Morgan fingerprint density at radius 2 is 2.57 bits per heavy atom. The SMILES string of the molecule is C#CCOC/C(C#N)=C\c1ccco1. The molecule has 0 saturated heterocycles. The maximum Gasteiger partial charge on any atom is 0.127 e. The molecule has 3 heteroatoms. The molecule has 14 heavy (non-hydrogen) atoms. The summed E-state index contributed by atoms with van der Waals surface area (Å²) in [4.78, 5) is 0. The largest absolute Gasteiger partial charge is 0.465 e. The van der Waals surface area contributed by atoms with E-state index in [1.54, 1.807) is 24.5 Å². The predicted molar refractivity (Wildman–Crippen MR) is 52.0 cm³/mol. The molecule has 0 amide bonds. The van der Waals surface area contributed by atoms with Crippen LogP contribution in [0, 0.1) is 23.7 Å². The summed E-state index contributed by atoms with van der Waals surface area (Å²) in [6.07, 6.45) is 8.16. The van der Waals surface area contributed by atoms with Crippen LogP contribution in [0.1, 0.15) is 5.76 Å². The summed E-state index contributed by atoms with van der Waals surface area (Å²) in [6, 6.07) is 5.52. The lowest BCUT2D eigenvalue weighted by Crippen LogP contribution is -1.96. The van der Waals surface area contributed by atoms with Gasteiger partial charge in [0.05, 0.1) is 24.5 Å². The van der Waals surface area contributed by atoms with Crippen LogP contribution in [-0.2, 0) is 4.74 Å². The van der Waals surface area contributed by atoms with Crippen molar-refractivity contribution in [2.45, 2.75) is 0 Å². The molecule has 0 radical (unpaired) electrons. The third-order valence-electron chi connectivity index (χ3n) is 1.45. The number of furan rings is 1. The first-order valence-electron chi connectivity index (χ1n) is 4.02. The fraction of sp³-hybridized carbons (Fsp3) is 0.182. The summed E-state index contributed by atoms with van der Waals surface area (Å²) in [5.74, 6) is 2.95. The zero-order valence-corrected chi connectivity index (χ0v) is 7.56. The number of nitrogens with zero attached hydrogens (tertiary/aromatic N) is 1. The van der Waals surface area contributed by atoms with Crippen molar-refractivity contribution >= 4 is 6.08 Å². The quantitative estimate of drug-likeness (QED) is 0.410. The number of nitriles is 1. The van der Waals surface area contributed by atoms with E-state index in [2.05, 4.69) is 5.92 Å². The Morgan fingerprint density at radius 3 is 3.14 bits per heavy atom. The fourth-order valence-electron chi connectivity index (χ4n) is 0.871. The van der Waals surface area contributed by atoms with Gasteiger partial charge in [-0.3, -0.25) is 0 Å². The molecule has 0 atom stereocenters. The molecule has 0 aliphatic carbocycles. The Balaban J connectivity index is 2.56. The Kier molecular flexibility index (Phi) is 4.07. The van der Waals surface area contributed by atoms with E-state index in [1.165, 1.54) is 0 Å². The molecule has 0 aliphatic heterocycles. The Hall–Kier alpha value is -1.97. The molecule has 70 valence electrons. The highest BCUT2D eigenvalue weighted by atomic mass is 16.5. The lowest BCUT2D eigenvalue weighted by Gasteiger charge is -1.96. The average Bonchev–Trinajstić information content (AvgIpc) is 2.69. The maximum atomic E-state index is 8.73. The minimum absolute atomic E-state index is 0.206. The molecule has 3 nitrogen and oxygen atoms in total. The molecule has 0 N–H and O–H groups in total. The summed E-state index contributed by atoms with van der Waals surface area (Å²) in [7, 11) is 0.